The summed E-state index contributed by atoms with van der Waals surface area (Å²) >= 11 is 0. The summed E-state index contributed by atoms with van der Waals surface area (Å²) in [6.45, 7) is 5.60. The lowest BCUT2D eigenvalue weighted by molar-refractivity contribution is -0.141. The molecule has 0 N–H and O–H groups in total. The van der Waals surface area contributed by atoms with Crippen LogP contribution >= 0.6 is 0 Å². The largest absolute Gasteiger partial charge is 0.299 e. The van der Waals surface area contributed by atoms with Gasteiger partial charge in [0.1, 0.15) is 11.9 Å². The third kappa shape index (κ3) is 1.47. The number of rotatable bonds is 0. The molecule has 0 aromatic heterocycles. The fraction of sp³-hybridized carbons (Fsp3) is 0.643. The first kappa shape index (κ1) is 12.0. The summed E-state index contributed by atoms with van der Waals surface area (Å²) in [4.78, 5) is 24.3. The fourth-order valence-electron chi connectivity index (χ4n) is 3.48. The lowest BCUT2D eigenvalue weighted by Gasteiger charge is -2.48. The van der Waals surface area contributed by atoms with Crippen molar-refractivity contribution < 1.29 is 9.59 Å². The summed E-state index contributed by atoms with van der Waals surface area (Å²) in [6, 6.07) is 1.95. The zero-order valence-electron chi connectivity index (χ0n) is 10.5. The fourth-order valence-corrected chi connectivity index (χ4v) is 3.48. The van der Waals surface area contributed by atoms with Crippen LogP contribution in [0.5, 0.6) is 0 Å². The maximum absolute atomic E-state index is 12.2. The number of Topliss-reactive ketones (excluding diaryl/α,β-unsaturated/α-hetero) is 2. The van der Waals surface area contributed by atoms with E-state index in [0.29, 0.717) is 6.42 Å². The SMILES string of the molecule is CC1(C)C(=O)C(C#N)=C[C@]2(C)C(=O)CCC[C@@H]12. The first-order valence-corrected chi connectivity index (χ1v) is 6.05. The van der Waals surface area contributed by atoms with Gasteiger partial charge in [-0.05, 0) is 31.8 Å². The summed E-state index contributed by atoms with van der Waals surface area (Å²) in [5.41, 5.74) is -1.07. The Morgan fingerprint density at radius 1 is 1.35 bits per heavy atom. The number of hydrogen-bond donors (Lipinski definition) is 0. The Balaban J connectivity index is 2.62. The average Bonchev–Trinajstić information content (AvgIpc) is 2.27. The van der Waals surface area contributed by atoms with Crippen LogP contribution in [-0.2, 0) is 9.59 Å². The van der Waals surface area contributed by atoms with Crippen LogP contribution in [-0.4, -0.2) is 11.6 Å². The van der Waals surface area contributed by atoms with Crippen LogP contribution in [0.2, 0.25) is 0 Å². The maximum atomic E-state index is 12.2. The highest BCUT2D eigenvalue weighted by molar-refractivity contribution is 6.06. The van der Waals surface area contributed by atoms with E-state index in [1.807, 2.05) is 26.8 Å². The molecule has 0 aromatic rings. The van der Waals surface area contributed by atoms with Crippen molar-refractivity contribution in [3.63, 3.8) is 0 Å². The van der Waals surface area contributed by atoms with Gasteiger partial charge in [-0.3, -0.25) is 9.59 Å². The van der Waals surface area contributed by atoms with Crippen LogP contribution in [0.15, 0.2) is 11.6 Å². The van der Waals surface area contributed by atoms with Gasteiger partial charge in [-0.15, -0.1) is 0 Å². The van der Waals surface area contributed by atoms with Crippen molar-refractivity contribution in [2.75, 3.05) is 0 Å². The van der Waals surface area contributed by atoms with E-state index in [1.165, 1.54) is 0 Å². The summed E-state index contributed by atoms with van der Waals surface area (Å²) in [5.74, 6) is 0.0834. The molecule has 90 valence electrons. The number of carbonyl (C=O) groups excluding carboxylic acids is 2. The van der Waals surface area contributed by atoms with Crippen molar-refractivity contribution in [3.8, 4) is 6.07 Å². The molecule has 0 amide bonds. The second-order valence-electron chi connectivity index (χ2n) is 5.87. The molecule has 2 aliphatic rings. The molecule has 0 spiro atoms. The molecule has 2 rings (SSSR count). The molecule has 0 heterocycles. The van der Waals surface area contributed by atoms with E-state index in [2.05, 4.69) is 0 Å². The molecule has 2 atom stereocenters. The maximum Gasteiger partial charge on any atom is 0.178 e. The summed E-state index contributed by atoms with van der Waals surface area (Å²) in [6.07, 6.45) is 3.92. The van der Waals surface area contributed by atoms with Crippen LogP contribution in [0.4, 0.5) is 0 Å². The zero-order chi connectivity index (χ0) is 12.8. The molecule has 3 nitrogen and oxygen atoms in total. The molecule has 0 saturated heterocycles. The van der Waals surface area contributed by atoms with Crippen molar-refractivity contribution in [3.05, 3.63) is 11.6 Å². The number of hydrogen-bond acceptors (Lipinski definition) is 3. The monoisotopic (exact) mass is 231 g/mol. The predicted molar refractivity (Wildman–Crippen MR) is 62.9 cm³/mol. The molecular weight excluding hydrogens is 214 g/mol. The average molecular weight is 231 g/mol. The molecular formula is C14H17NO2. The third-order valence-corrected chi connectivity index (χ3v) is 4.49. The second-order valence-corrected chi connectivity index (χ2v) is 5.87. The van der Waals surface area contributed by atoms with Crippen LogP contribution in [0, 0.1) is 28.1 Å². The lowest BCUT2D eigenvalue weighted by atomic mass is 9.52. The standard InChI is InChI=1S/C14H17NO2/c1-13(2)10-5-4-6-11(16)14(10,3)7-9(8-15)12(13)17/h7,10H,4-6H2,1-3H3/t10-,14-/m0/s1. The van der Waals surface area contributed by atoms with E-state index in [1.54, 1.807) is 6.08 Å². The number of ketones is 2. The molecule has 0 unspecified atom stereocenters. The Bertz CT molecular complexity index is 467. The minimum atomic E-state index is -0.624. The van der Waals surface area contributed by atoms with Gasteiger partial charge in [0.25, 0.3) is 0 Å². The van der Waals surface area contributed by atoms with E-state index >= 15 is 0 Å². The quantitative estimate of drug-likeness (QED) is 0.643. The Labute approximate surface area is 101 Å². The van der Waals surface area contributed by atoms with Crippen LogP contribution < -0.4 is 0 Å². The number of nitrogens with zero attached hydrogens (tertiary/aromatic N) is 1. The minimum absolute atomic E-state index is 0.0286. The number of nitriles is 1. The van der Waals surface area contributed by atoms with Crippen LogP contribution in [0.25, 0.3) is 0 Å². The first-order valence-electron chi connectivity index (χ1n) is 6.05. The van der Waals surface area contributed by atoms with Crippen molar-refractivity contribution in [1.82, 2.24) is 0 Å². The molecule has 1 saturated carbocycles. The Kier molecular flexibility index (Phi) is 2.50. The van der Waals surface area contributed by atoms with Crippen molar-refractivity contribution >= 4 is 11.6 Å². The van der Waals surface area contributed by atoms with E-state index in [9.17, 15) is 9.59 Å². The number of carbonyl (C=O) groups is 2. The van der Waals surface area contributed by atoms with Crippen LogP contribution in [0.1, 0.15) is 40.0 Å². The van der Waals surface area contributed by atoms with Crippen molar-refractivity contribution in [2.45, 2.75) is 40.0 Å². The summed E-state index contributed by atoms with van der Waals surface area (Å²) in [7, 11) is 0. The minimum Gasteiger partial charge on any atom is -0.299 e. The Morgan fingerprint density at radius 2 is 2.00 bits per heavy atom. The van der Waals surface area contributed by atoms with Crippen LogP contribution in [0.3, 0.4) is 0 Å². The summed E-state index contributed by atoms with van der Waals surface area (Å²) in [5, 5.41) is 9.03. The molecule has 0 radical (unpaired) electrons. The van der Waals surface area contributed by atoms with E-state index in [-0.39, 0.29) is 23.1 Å². The highest BCUT2D eigenvalue weighted by Gasteiger charge is 2.55. The topological polar surface area (TPSA) is 57.9 Å². The van der Waals surface area contributed by atoms with Gasteiger partial charge in [-0.25, -0.2) is 0 Å². The van der Waals surface area contributed by atoms with Crippen molar-refractivity contribution in [2.24, 2.45) is 16.7 Å². The van der Waals surface area contributed by atoms with Gasteiger partial charge < -0.3 is 0 Å². The lowest BCUT2D eigenvalue weighted by Crippen LogP contribution is -2.51. The molecule has 0 bridgehead atoms. The molecule has 17 heavy (non-hydrogen) atoms. The second kappa shape index (κ2) is 3.53. The van der Waals surface area contributed by atoms with Gasteiger partial charge in [0.15, 0.2) is 5.78 Å². The molecule has 0 aromatic carbocycles. The number of fused-ring (bicyclic) bond motifs is 1. The van der Waals surface area contributed by atoms with Gasteiger partial charge in [-0.2, -0.15) is 5.26 Å². The molecule has 2 aliphatic carbocycles. The molecule has 0 aliphatic heterocycles. The first-order chi connectivity index (χ1) is 7.84. The normalized spacial score (nSPS) is 35.9. The van der Waals surface area contributed by atoms with E-state index in [4.69, 9.17) is 5.26 Å². The highest BCUT2D eigenvalue weighted by atomic mass is 16.1. The van der Waals surface area contributed by atoms with E-state index in [0.717, 1.165) is 12.8 Å². The van der Waals surface area contributed by atoms with Crippen molar-refractivity contribution in [1.29, 1.82) is 5.26 Å². The number of allylic oxidation sites excluding steroid dienone is 2. The third-order valence-electron chi connectivity index (χ3n) is 4.49. The van der Waals surface area contributed by atoms with Gasteiger partial charge in [0.05, 0.1) is 5.57 Å². The highest BCUT2D eigenvalue weighted by Crippen LogP contribution is 2.53. The smallest absolute Gasteiger partial charge is 0.178 e. The van der Waals surface area contributed by atoms with Gasteiger partial charge >= 0.3 is 0 Å². The predicted octanol–water partition coefficient (Wildman–Crippen LogP) is 2.42. The van der Waals surface area contributed by atoms with Gasteiger partial charge in [0.2, 0.25) is 0 Å². The Morgan fingerprint density at radius 3 is 2.59 bits per heavy atom. The molecule has 1 fully saturated rings. The van der Waals surface area contributed by atoms with Gasteiger partial charge in [-0.1, -0.05) is 13.8 Å². The summed E-state index contributed by atoms with van der Waals surface area (Å²) < 4.78 is 0. The Hall–Kier alpha value is -1.43. The zero-order valence-corrected chi connectivity index (χ0v) is 10.5. The van der Waals surface area contributed by atoms with E-state index < -0.39 is 10.8 Å². The van der Waals surface area contributed by atoms with Gasteiger partial charge in [0, 0.05) is 17.3 Å². The molecule has 3 heteroatoms.